The third-order valence-corrected chi connectivity index (χ3v) is 5.32. The molecule has 1 amide bonds. The molecule has 130 valence electrons. The minimum atomic E-state index is 0.248. The van der Waals surface area contributed by atoms with Crippen molar-refractivity contribution < 1.29 is 4.79 Å². The van der Waals surface area contributed by atoms with Crippen LogP contribution in [-0.4, -0.2) is 38.0 Å². The molecular weight excluding hydrogens is 312 g/mol. The summed E-state index contributed by atoms with van der Waals surface area (Å²) in [5.74, 6) is 0.883. The fourth-order valence-corrected chi connectivity index (χ4v) is 3.90. The second-order valence-corrected chi connectivity index (χ2v) is 7.04. The highest BCUT2D eigenvalue weighted by molar-refractivity contribution is 5.89. The van der Waals surface area contributed by atoms with E-state index < -0.39 is 0 Å². The van der Waals surface area contributed by atoms with Crippen molar-refractivity contribution in [2.75, 3.05) is 13.1 Å². The number of hydrogen-bond donors (Lipinski definition) is 0. The van der Waals surface area contributed by atoms with Gasteiger partial charge in [0.25, 0.3) is 0 Å². The average molecular weight is 336 g/mol. The van der Waals surface area contributed by atoms with E-state index in [1.165, 1.54) is 10.9 Å². The van der Waals surface area contributed by atoms with E-state index in [-0.39, 0.29) is 5.91 Å². The molecule has 5 nitrogen and oxygen atoms in total. The lowest BCUT2D eigenvalue weighted by Crippen LogP contribution is -2.40. The summed E-state index contributed by atoms with van der Waals surface area (Å²) < 4.78 is 4.24. The summed E-state index contributed by atoms with van der Waals surface area (Å²) >= 11 is 0. The average Bonchev–Trinajstić information content (AvgIpc) is 3.25. The van der Waals surface area contributed by atoms with Gasteiger partial charge in [0.1, 0.15) is 0 Å². The highest BCUT2D eigenvalue weighted by Gasteiger charge is 2.23. The molecule has 1 fully saturated rings. The summed E-state index contributed by atoms with van der Waals surface area (Å²) in [5.41, 5.74) is 2.31. The molecule has 0 saturated carbocycles. The maximum absolute atomic E-state index is 12.7. The smallest absolute Gasteiger partial charge is 0.227 e. The van der Waals surface area contributed by atoms with Crippen LogP contribution in [0, 0.1) is 5.92 Å². The summed E-state index contributed by atoms with van der Waals surface area (Å²) in [6.45, 7) is 2.73. The van der Waals surface area contributed by atoms with Crippen molar-refractivity contribution in [1.82, 2.24) is 19.0 Å². The molecule has 0 unspecified atom stereocenters. The van der Waals surface area contributed by atoms with Gasteiger partial charge in [-0.05, 0) is 30.4 Å². The highest BCUT2D eigenvalue weighted by atomic mass is 16.2. The Hall–Kier alpha value is -2.56. The molecule has 3 heterocycles. The molecular formula is C20H24N4O. The van der Waals surface area contributed by atoms with Gasteiger partial charge in [-0.2, -0.15) is 0 Å². The monoisotopic (exact) mass is 336 g/mol. The van der Waals surface area contributed by atoms with E-state index in [2.05, 4.69) is 32.4 Å². The van der Waals surface area contributed by atoms with E-state index >= 15 is 0 Å². The number of hydrogen-bond acceptors (Lipinski definition) is 2. The standard InChI is InChI=1S/C20H24N4O/c1-22-14-17(18-4-2-3-5-19(18)22)12-20(25)24-9-6-16(7-10-24)13-23-11-8-21-15-23/h2-5,8,11,14-16H,6-7,9-10,12-13H2,1H3. The van der Waals surface area contributed by atoms with Crippen LogP contribution in [0.3, 0.4) is 0 Å². The van der Waals surface area contributed by atoms with Crippen LogP contribution in [0.4, 0.5) is 0 Å². The molecule has 4 rings (SSSR count). The number of carbonyl (C=O) groups excluding carboxylic acids is 1. The van der Waals surface area contributed by atoms with Crippen molar-refractivity contribution in [3.05, 3.63) is 54.7 Å². The fraction of sp³-hybridized carbons (Fsp3) is 0.400. The molecule has 0 bridgehead atoms. The van der Waals surface area contributed by atoms with Gasteiger partial charge in [0.15, 0.2) is 0 Å². The molecule has 0 N–H and O–H groups in total. The molecule has 25 heavy (non-hydrogen) atoms. The molecule has 1 saturated heterocycles. The van der Waals surface area contributed by atoms with Crippen LogP contribution in [0.15, 0.2) is 49.2 Å². The van der Waals surface area contributed by atoms with Crippen molar-refractivity contribution in [2.24, 2.45) is 13.0 Å². The second kappa shape index (κ2) is 6.75. The van der Waals surface area contributed by atoms with Crippen LogP contribution in [0.2, 0.25) is 0 Å². The minimum absolute atomic E-state index is 0.248. The number of imidazole rings is 1. The number of aromatic nitrogens is 3. The van der Waals surface area contributed by atoms with Gasteiger partial charge in [0.05, 0.1) is 12.7 Å². The van der Waals surface area contributed by atoms with Crippen molar-refractivity contribution in [1.29, 1.82) is 0 Å². The quantitative estimate of drug-likeness (QED) is 0.735. The Bertz CT molecular complexity index is 857. The van der Waals surface area contributed by atoms with Gasteiger partial charge in [-0.1, -0.05) is 18.2 Å². The van der Waals surface area contributed by atoms with Crippen molar-refractivity contribution in [3.8, 4) is 0 Å². The van der Waals surface area contributed by atoms with Crippen molar-refractivity contribution in [2.45, 2.75) is 25.8 Å². The van der Waals surface area contributed by atoms with Gasteiger partial charge in [-0.25, -0.2) is 4.98 Å². The molecule has 1 aliphatic heterocycles. The molecule has 2 aromatic heterocycles. The molecule has 0 aliphatic carbocycles. The van der Waals surface area contributed by atoms with Gasteiger partial charge < -0.3 is 14.0 Å². The Balaban J connectivity index is 1.37. The molecule has 1 aliphatic rings. The minimum Gasteiger partial charge on any atom is -0.350 e. The van der Waals surface area contributed by atoms with Crippen LogP contribution in [-0.2, 0) is 24.8 Å². The number of nitrogens with zero attached hydrogens (tertiary/aromatic N) is 4. The number of likely N-dealkylation sites (tertiary alicyclic amines) is 1. The van der Waals surface area contributed by atoms with Crippen LogP contribution in [0.25, 0.3) is 10.9 Å². The van der Waals surface area contributed by atoms with Crippen LogP contribution in [0.1, 0.15) is 18.4 Å². The lowest BCUT2D eigenvalue weighted by Gasteiger charge is -2.32. The zero-order valence-electron chi connectivity index (χ0n) is 14.6. The van der Waals surface area contributed by atoms with Crippen molar-refractivity contribution >= 4 is 16.8 Å². The topological polar surface area (TPSA) is 43.1 Å². The largest absolute Gasteiger partial charge is 0.350 e. The second-order valence-electron chi connectivity index (χ2n) is 7.04. The Morgan fingerprint density at radius 3 is 2.80 bits per heavy atom. The first-order valence-corrected chi connectivity index (χ1v) is 8.97. The van der Waals surface area contributed by atoms with Crippen LogP contribution in [0.5, 0.6) is 0 Å². The third kappa shape index (κ3) is 3.31. The predicted octanol–water partition coefficient (Wildman–Crippen LogP) is 2.86. The van der Waals surface area contributed by atoms with Crippen LogP contribution >= 0.6 is 0 Å². The number of fused-ring (bicyclic) bond motifs is 1. The Labute approximate surface area is 147 Å². The first-order valence-electron chi connectivity index (χ1n) is 8.97. The number of carbonyl (C=O) groups is 1. The lowest BCUT2D eigenvalue weighted by molar-refractivity contribution is -0.131. The van der Waals surface area contributed by atoms with E-state index in [0.717, 1.165) is 38.0 Å². The maximum Gasteiger partial charge on any atom is 0.227 e. The lowest BCUT2D eigenvalue weighted by atomic mass is 9.96. The summed E-state index contributed by atoms with van der Waals surface area (Å²) in [6.07, 6.45) is 10.4. The summed E-state index contributed by atoms with van der Waals surface area (Å²) in [6, 6.07) is 8.29. The van der Waals surface area contributed by atoms with Gasteiger partial charge in [0.2, 0.25) is 5.91 Å². The Morgan fingerprint density at radius 1 is 1.24 bits per heavy atom. The normalized spacial score (nSPS) is 15.8. The van der Waals surface area contributed by atoms with E-state index in [4.69, 9.17) is 0 Å². The van der Waals surface area contributed by atoms with E-state index in [0.29, 0.717) is 12.3 Å². The van der Waals surface area contributed by atoms with Gasteiger partial charge in [-0.15, -0.1) is 0 Å². The van der Waals surface area contributed by atoms with Crippen LogP contribution < -0.4 is 0 Å². The summed E-state index contributed by atoms with van der Waals surface area (Å²) in [5, 5.41) is 1.19. The maximum atomic E-state index is 12.7. The zero-order chi connectivity index (χ0) is 17.2. The SMILES string of the molecule is Cn1cc(CC(=O)N2CCC(Cn3ccnc3)CC2)c2ccccc21. The number of piperidine rings is 1. The van der Waals surface area contributed by atoms with Crippen molar-refractivity contribution in [3.63, 3.8) is 0 Å². The number of para-hydroxylation sites is 1. The molecule has 3 aromatic rings. The number of amides is 1. The van der Waals surface area contributed by atoms with Gasteiger partial charge in [-0.3, -0.25) is 4.79 Å². The van der Waals surface area contributed by atoms with E-state index in [9.17, 15) is 4.79 Å². The fourth-order valence-electron chi connectivity index (χ4n) is 3.90. The molecule has 5 heteroatoms. The first-order chi connectivity index (χ1) is 12.2. The number of rotatable bonds is 4. The number of aryl methyl sites for hydroxylation is 1. The molecule has 0 atom stereocenters. The van der Waals surface area contributed by atoms with Gasteiger partial charge in [0, 0.05) is 56.2 Å². The molecule has 1 aromatic carbocycles. The highest BCUT2D eigenvalue weighted by Crippen LogP contribution is 2.23. The van der Waals surface area contributed by atoms with Gasteiger partial charge >= 0.3 is 0 Å². The zero-order valence-corrected chi connectivity index (χ0v) is 14.6. The predicted molar refractivity (Wildman–Crippen MR) is 98.2 cm³/mol. The summed E-state index contributed by atoms with van der Waals surface area (Å²) in [4.78, 5) is 18.9. The number of benzene rings is 1. The van der Waals surface area contributed by atoms with E-state index in [1.54, 1.807) is 0 Å². The Morgan fingerprint density at radius 2 is 2.04 bits per heavy atom. The molecule has 0 spiro atoms. The Kier molecular flexibility index (Phi) is 4.30. The summed E-state index contributed by atoms with van der Waals surface area (Å²) in [7, 11) is 2.04. The molecule has 0 radical (unpaired) electrons. The van der Waals surface area contributed by atoms with E-state index in [1.807, 2.05) is 42.8 Å². The third-order valence-electron chi connectivity index (χ3n) is 5.32. The first kappa shape index (κ1) is 15.9.